The lowest BCUT2D eigenvalue weighted by molar-refractivity contribution is 0.00578. The van der Waals surface area contributed by atoms with Gasteiger partial charge in [0.25, 0.3) is 0 Å². The van der Waals surface area contributed by atoms with Crippen LogP contribution in [0, 0.1) is 0 Å². The molecule has 5 heteroatoms. The Bertz CT molecular complexity index is 525. The average Bonchev–Trinajstić information content (AvgIpc) is 2.97. The van der Waals surface area contributed by atoms with Gasteiger partial charge < -0.3 is 9.31 Å². The minimum atomic E-state index is -0.326. The highest BCUT2D eigenvalue weighted by molar-refractivity contribution is 9.10. The van der Waals surface area contributed by atoms with Crippen LogP contribution in [0.1, 0.15) is 65.0 Å². The first-order chi connectivity index (χ1) is 9.82. The molecule has 1 saturated heterocycles. The molecule has 2 aliphatic rings. The molecule has 0 N–H and O–H groups in total. The summed E-state index contributed by atoms with van der Waals surface area (Å²) in [4.78, 5) is 4.61. The predicted molar refractivity (Wildman–Crippen MR) is 88.9 cm³/mol. The van der Waals surface area contributed by atoms with E-state index in [2.05, 4.69) is 48.6 Å². The summed E-state index contributed by atoms with van der Waals surface area (Å²) in [5.74, 6) is 0.571. The number of hydrogen-bond donors (Lipinski definition) is 0. The van der Waals surface area contributed by atoms with Crippen molar-refractivity contribution in [2.75, 3.05) is 0 Å². The van der Waals surface area contributed by atoms with Crippen molar-refractivity contribution in [3.05, 3.63) is 22.4 Å². The molecule has 114 valence electrons. The molecule has 0 bridgehead atoms. The number of aromatic nitrogens is 1. The minimum Gasteiger partial charge on any atom is -0.399 e. The maximum absolute atomic E-state index is 6.17. The number of pyridine rings is 1. The Labute approximate surface area is 136 Å². The van der Waals surface area contributed by atoms with Crippen LogP contribution in [-0.4, -0.2) is 23.3 Å². The molecular weight excluding hydrogens is 329 g/mol. The number of rotatable bonds is 2. The van der Waals surface area contributed by atoms with Crippen molar-refractivity contribution < 1.29 is 9.31 Å². The first kappa shape index (κ1) is 15.5. The summed E-state index contributed by atoms with van der Waals surface area (Å²) in [6, 6.07) is 2.00. The second-order valence-corrected chi connectivity index (χ2v) is 7.96. The van der Waals surface area contributed by atoms with Crippen molar-refractivity contribution in [2.24, 2.45) is 0 Å². The van der Waals surface area contributed by atoms with Gasteiger partial charge in [0, 0.05) is 16.6 Å². The summed E-state index contributed by atoms with van der Waals surface area (Å²) >= 11 is 3.75. The largest absolute Gasteiger partial charge is 0.496 e. The summed E-state index contributed by atoms with van der Waals surface area (Å²) in [6.07, 6.45) is 6.97. The van der Waals surface area contributed by atoms with Crippen LogP contribution < -0.4 is 5.46 Å². The molecule has 3 rings (SSSR count). The lowest BCUT2D eigenvalue weighted by Gasteiger charge is -2.32. The molecule has 0 radical (unpaired) electrons. The zero-order chi connectivity index (χ0) is 15.3. The van der Waals surface area contributed by atoms with Crippen LogP contribution in [0.3, 0.4) is 0 Å². The van der Waals surface area contributed by atoms with E-state index >= 15 is 0 Å². The highest BCUT2D eigenvalue weighted by Crippen LogP contribution is 2.39. The monoisotopic (exact) mass is 351 g/mol. The molecule has 1 aromatic heterocycles. The van der Waals surface area contributed by atoms with Crippen LogP contribution in [0.2, 0.25) is 0 Å². The van der Waals surface area contributed by atoms with Crippen molar-refractivity contribution in [3.8, 4) is 0 Å². The van der Waals surface area contributed by atoms with E-state index in [4.69, 9.17) is 9.31 Å². The summed E-state index contributed by atoms with van der Waals surface area (Å²) in [5.41, 5.74) is 1.60. The van der Waals surface area contributed by atoms with E-state index in [1.807, 2.05) is 12.3 Å². The summed E-state index contributed by atoms with van der Waals surface area (Å²) in [6.45, 7) is 8.33. The molecule has 0 amide bonds. The maximum Gasteiger partial charge on any atom is 0.496 e. The van der Waals surface area contributed by atoms with Gasteiger partial charge in [-0.05, 0) is 68.0 Å². The molecule has 0 spiro atoms. The van der Waals surface area contributed by atoms with E-state index < -0.39 is 0 Å². The topological polar surface area (TPSA) is 31.4 Å². The van der Waals surface area contributed by atoms with Gasteiger partial charge in [-0.15, -0.1) is 0 Å². The van der Waals surface area contributed by atoms with Crippen LogP contribution in [0.25, 0.3) is 0 Å². The van der Waals surface area contributed by atoms with E-state index in [1.165, 1.54) is 31.4 Å². The first-order valence-corrected chi connectivity index (χ1v) is 8.61. The number of hydrogen-bond acceptors (Lipinski definition) is 3. The fourth-order valence-corrected chi connectivity index (χ4v) is 3.86. The van der Waals surface area contributed by atoms with Crippen LogP contribution in [0.15, 0.2) is 16.7 Å². The molecule has 0 aromatic carbocycles. The third kappa shape index (κ3) is 2.68. The van der Waals surface area contributed by atoms with Gasteiger partial charge in [0.1, 0.15) is 0 Å². The molecule has 2 fully saturated rings. The summed E-state index contributed by atoms with van der Waals surface area (Å²) < 4.78 is 13.4. The molecule has 0 atom stereocenters. The van der Waals surface area contributed by atoms with Crippen LogP contribution in [-0.2, 0) is 9.31 Å². The SMILES string of the molecule is CC1(C)OB(c2ccnc(C3CCCC3)c2Br)OC1(C)C. The normalized spacial score (nSPS) is 24.7. The summed E-state index contributed by atoms with van der Waals surface area (Å²) in [7, 11) is -0.326. The second kappa shape index (κ2) is 5.36. The van der Waals surface area contributed by atoms with E-state index in [9.17, 15) is 0 Å². The van der Waals surface area contributed by atoms with Crippen molar-refractivity contribution in [1.82, 2.24) is 4.98 Å². The molecule has 1 aromatic rings. The van der Waals surface area contributed by atoms with Crippen LogP contribution >= 0.6 is 15.9 Å². The third-order valence-electron chi connectivity index (χ3n) is 5.20. The van der Waals surface area contributed by atoms with E-state index in [-0.39, 0.29) is 18.3 Å². The van der Waals surface area contributed by atoms with Gasteiger partial charge in [-0.3, -0.25) is 4.98 Å². The quantitative estimate of drug-likeness (QED) is 0.759. The van der Waals surface area contributed by atoms with E-state index in [0.29, 0.717) is 5.92 Å². The van der Waals surface area contributed by atoms with Gasteiger partial charge in [0.15, 0.2) is 0 Å². The van der Waals surface area contributed by atoms with Gasteiger partial charge >= 0.3 is 7.12 Å². The first-order valence-electron chi connectivity index (χ1n) is 7.82. The Kier molecular flexibility index (Phi) is 3.96. The molecule has 2 heterocycles. The Balaban J connectivity index is 1.92. The van der Waals surface area contributed by atoms with Crippen molar-refractivity contribution in [2.45, 2.75) is 70.5 Å². The zero-order valence-electron chi connectivity index (χ0n) is 13.3. The van der Waals surface area contributed by atoms with Gasteiger partial charge in [-0.25, -0.2) is 0 Å². The molecule has 1 saturated carbocycles. The second-order valence-electron chi connectivity index (χ2n) is 7.17. The Morgan fingerprint density at radius 3 is 2.29 bits per heavy atom. The van der Waals surface area contributed by atoms with Crippen LogP contribution in [0.5, 0.6) is 0 Å². The smallest absolute Gasteiger partial charge is 0.399 e. The minimum absolute atomic E-state index is 0.312. The van der Waals surface area contributed by atoms with E-state index in [1.54, 1.807) is 0 Å². The molecule has 1 aliphatic carbocycles. The number of halogens is 1. The van der Waals surface area contributed by atoms with Crippen LogP contribution in [0.4, 0.5) is 0 Å². The van der Waals surface area contributed by atoms with Gasteiger partial charge in [0.05, 0.1) is 16.9 Å². The molecule has 3 nitrogen and oxygen atoms in total. The lowest BCUT2D eigenvalue weighted by atomic mass is 9.78. The van der Waals surface area contributed by atoms with Gasteiger partial charge in [-0.2, -0.15) is 0 Å². The van der Waals surface area contributed by atoms with Crippen molar-refractivity contribution in [3.63, 3.8) is 0 Å². The van der Waals surface area contributed by atoms with Gasteiger partial charge in [-0.1, -0.05) is 12.8 Å². The molecule has 21 heavy (non-hydrogen) atoms. The third-order valence-corrected chi connectivity index (χ3v) is 6.06. The van der Waals surface area contributed by atoms with Crippen molar-refractivity contribution in [1.29, 1.82) is 0 Å². The highest BCUT2D eigenvalue weighted by Gasteiger charge is 2.52. The Morgan fingerprint density at radius 2 is 1.71 bits per heavy atom. The Hall–Kier alpha value is -0.385. The lowest BCUT2D eigenvalue weighted by Crippen LogP contribution is -2.41. The van der Waals surface area contributed by atoms with E-state index in [0.717, 1.165) is 9.94 Å². The fourth-order valence-electron chi connectivity index (χ4n) is 3.11. The molecular formula is C16H23BBrNO2. The van der Waals surface area contributed by atoms with Crippen molar-refractivity contribution >= 4 is 28.5 Å². The standard InChI is InChI=1S/C16H23BBrNO2/c1-15(2)16(3,4)21-17(20-15)12-9-10-19-14(13(12)18)11-7-5-6-8-11/h9-11H,5-8H2,1-4H3. The van der Waals surface area contributed by atoms with Gasteiger partial charge in [0.2, 0.25) is 0 Å². The molecule has 1 aliphatic heterocycles. The number of nitrogens with zero attached hydrogens (tertiary/aromatic N) is 1. The molecule has 0 unspecified atom stereocenters. The summed E-state index contributed by atoms with van der Waals surface area (Å²) in [5, 5.41) is 0. The fraction of sp³-hybridized carbons (Fsp3) is 0.688. The average molecular weight is 352 g/mol. The predicted octanol–water partition coefficient (Wildman–Crippen LogP) is 3.80. The highest BCUT2D eigenvalue weighted by atomic mass is 79.9. The zero-order valence-corrected chi connectivity index (χ0v) is 14.9. The maximum atomic E-state index is 6.17. The Morgan fingerprint density at radius 1 is 1.14 bits per heavy atom.